The standard InChI is InChI=1S/C7H16NO3P/c1-3-7-5-8(12(9)10)4-6(2)11-7/h6-7,12H,3-5H2,1-2H3,(H,9,10). The van der Waals surface area contributed by atoms with E-state index in [0.29, 0.717) is 13.1 Å². The molecule has 1 rings (SSSR count). The molecule has 0 bridgehead atoms. The maximum Gasteiger partial charge on any atom is 0.258 e. The smallest absolute Gasteiger partial charge is 0.258 e. The van der Waals surface area contributed by atoms with E-state index in [2.05, 4.69) is 0 Å². The Morgan fingerprint density at radius 2 is 2.33 bits per heavy atom. The van der Waals surface area contributed by atoms with Gasteiger partial charge < -0.3 is 9.63 Å². The van der Waals surface area contributed by atoms with Crippen molar-refractivity contribution in [3.8, 4) is 0 Å². The molecule has 3 atom stereocenters. The van der Waals surface area contributed by atoms with E-state index in [-0.39, 0.29) is 12.2 Å². The highest BCUT2D eigenvalue weighted by Gasteiger charge is 2.26. The minimum Gasteiger partial charge on any atom is -0.373 e. The highest BCUT2D eigenvalue weighted by atomic mass is 31.1. The summed E-state index contributed by atoms with van der Waals surface area (Å²) in [6.07, 6.45) is 1.09. The third-order valence-electron chi connectivity index (χ3n) is 2.05. The Morgan fingerprint density at radius 1 is 1.67 bits per heavy atom. The number of rotatable bonds is 2. The van der Waals surface area contributed by atoms with Crippen molar-refractivity contribution in [3.05, 3.63) is 0 Å². The second-order valence-corrected chi connectivity index (χ2v) is 4.36. The second kappa shape index (κ2) is 4.38. The van der Waals surface area contributed by atoms with Crippen LogP contribution in [0.4, 0.5) is 0 Å². The Labute approximate surface area is 73.4 Å². The summed E-state index contributed by atoms with van der Waals surface area (Å²) in [4.78, 5) is 8.92. The van der Waals surface area contributed by atoms with Crippen LogP contribution in [0.5, 0.6) is 0 Å². The van der Waals surface area contributed by atoms with Gasteiger partial charge in [0.2, 0.25) is 0 Å². The average molecular weight is 193 g/mol. The Kier molecular flexibility index (Phi) is 3.72. The van der Waals surface area contributed by atoms with Crippen LogP contribution in [-0.2, 0) is 9.30 Å². The van der Waals surface area contributed by atoms with E-state index >= 15 is 0 Å². The molecule has 72 valence electrons. The molecule has 0 aromatic rings. The van der Waals surface area contributed by atoms with Gasteiger partial charge in [0.1, 0.15) is 0 Å². The van der Waals surface area contributed by atoms with Crippen molar-refractivity contribution in [2.75, 3.05) is 13.1 Å². The van der Waals surface area contributed by atoms with Crippen molar-refractivity contribution in [1.29, 1.82) is 0 Å². The zero-order chi connectivity index (χ0) is 9.14. The van der Waals surface area contributed by atoms with Gasteiger partial charge in [0.25, 0.3) is 8.18 Å². The molecule has 0 amide bonds. The van der Waals surface area contributed by atoms with Gasteiger partial charge in [-0.05, 0) is 13.3 Å². The van der Waals surface area contributed by atoms with Crippen LogP contribution in [0, 0.1) is 0 Å². The minimum atomic E-state index is -2.51. The molecular formula is C7H16NO3P. The van der Waals surface area contributed by atoms with E-state index in [1.54, 1.807) is 4.67 Å². The zero-order valence-electron chi connectivity index (χ0n) is 7.49. The Balaban J connectivity index is 2.51. The molecule has 0 aliphatic carbocycles. The molecule has 1 heterocycles. The summed E-state index contributed by atoms with van der Waals surface area (Å²) in [6, 6.07) is 0. The van der Waals surface area contributed by atoms with Crippen LogP contribution in [0.25, 0.3) is 0 Å². The maximum atomic E-state index is 10.8. The summed E-state index contributed by atoms with van der Waals surface area (Å²) in [7, 11) is -2.51. The van der Waals surface area contributed by atoms with Crippen LogP contribution in [0.2, 0.25) is 0 Å². The van der Waals surface area contributed by atoms with Crippen molar-refractivity contribution in [2.45, 2.75) is 32.5 Å². The van der Waals surface area contributed by atoms with Crippen molar-refractivity contribution in [2.24, 2.45) is 0 Å². The lowest BCUT2D eigenvalue weighted by molar-refractivity contribution is -0.0563. The van der Waals surface area contributed by atoms with Crippen LogP contribution in [-0.4, -0.2) is 34.9 Å². The van der Waals surface area contributed by atoms with Gasteiger partial charge in [-0.2, -0.15) is 0 Å². The Hall–Kier alpha value is 0.110. The first-order valence-corrected chi connectivity index (χ1v) is 5.57. The average Bonchev–Trinajstić information content (AvgIpc) is 2.03. The van der Waals surface area contributed by atoms with Gasteiger partial charge in [-0.25, -0.2) is 4.67 Å². The van der Waals surface area contributed by atoms with Crippen LogP contribution >= 0.6 is 8.18 Å². The number of hydrogen-bond donors (Lipinski definition) is 1. The van der Waals surface area contributed by atoms with Gasteiger partial charge in [-0.15, -0.1) is 0 Å². The lowest BCUT2D eigenvalue weighted by Crippen LogP contribution is -2.42. The van der Waals surface area contributed by atoms with Gasteiger partial charge in [-0.3, -0.25) is 4.57 Å². The first-order valence-electron chi connectivity index (χ1n) is 4.26. The number of hydrogen-bond acceptors (Lipinski definition) is 2. The molecule has 0 saturated carbocycles. The summed E-state index contributed by atoms with van der Waals surface area (Å²) in [5.74, 6) is 0. The van der Waals surface area contributed by atoms with Crippen molar-refractivity contribution in [3.63, 3.8) is 0 Å². The van der Waals surface area contributed by atoms with Crippen molar-refractivity contribution < 1.29 is 14.2 Å². The largest absolute Gasteiger partial charge is 0.373 e. The molecular weight excluding hydrogens is 177 g/mol. The number of nitrogens with zero attached hydrogens (tertiary/aromatic N) is 1. The molecule has 0 aromatic carbocycles. The Bertz CT molecular complexity index is 176. The molecule has 1 N–H and O–H groups in total. The molecule has 1 fully saturated rings. The molecule has 1 aliphatic rings. The quantitative estimate of drug-likeness (QED) is 0.661. The molecule has 12 heavy (non-hydrogen) atoms. The van der Waals surface area contributed by atoms with Crippen LogP contribution in [0.3, 0.4) is 0 Å². The van der Waals surface area contributed by atoms with E-state index in [0.717, 1.165) is 6.42 Å². The molecule has 0 spiro atoms. The summed E-state index contributed by atoms with van der Waals surface area (Å²) in [5.41, 5.74) is 0. The molecule has 4 nitrogen and oxygen atoms in total. The third kappa shape index (κ3) is 2.56. The molecule has 1 saturated heterocycles. The van der Waals surface area contributed by atoms with Gasteiger partial charge >= 0.3 is 0 Å². The maximum absolute atomic E-state index is 10.8. The van der Waals surface area contributed by atoms with Crippen LogP contribution in [0.1, 0.15) is 20.3 Å². The second-order valence-electron chi connectivity index (χ2n) is 3.16. The lowest BCUT2D eigenvalue weighted by atomic mass is 10.2. The van der Waals surface area contributed by atoms with Crippen molar-refractivity contribution >= 4 is 8.18 Å². The summed E-state index contributed by atoms with van der Waals surface area (Å²) < 4.78 is 18.0. The molecule has 5 heteroatoms. The highest BCUT2D eigenvalue weighted by molar-refractivity contribution is 7.35. The highest BCUT2D eigenvalue weighted by Crippen LogP contribution is 2.26. The van der Waals surface area contributed by atoms with E-state index in [1.165, 1.54) is 0 Å². The number of ether oxygens (including phenoxy) is 1. The van der Waals surface area contributed by atoms with E-state index in [4.69, 9.17) is 9.63 Å². The predicted octanol–water partition coefficient (Wildman–Crippen LogP) is 0.868. The fourth-order valence-corrected chi connectivity index (χ4v) is 2.20. The number of morpholine rings is 1. The third-order valence-corrected chi connectivity index (χ3v) is 2.96. The summed E-state index contributed by atoms with van der Waals surface area (Å²) >= 11 is 0. The van der Waals surface area contributed by atoms with Crippen molar-refractivity contribution in [1.82, 2.24) is 4.67 Å². The van der Waals surface area contributed by atoms with Gasteiger partial charge in [0.15, 0.2) is 0 Å². The molecule has 0 radical (unpaired) electrons. The fraction of sp³-hybridized carbons (Fsp3) is 1.00. The predicted molar refractivity (Wildman–Crippen MR) is 47.4 cm³/mol. The van der Waals surface area contributed by atoms with Crippen LogP contribution < -0.4 is 0 Å². The van der Waals surface area contributed by atoms with Gasteiger partial charge in [-0.1, -0.05) is 6.92 Å². The van der Waals surface area contributed by atoms with E-state index in [9.17, 15) is 4.57 Å². The Morgan fingerprint density at radius 3 is 2.83 bits per heavy atom. The molecule has 3 unspecified atom stereocenters. The fourth-order valence-electron chi connectivity index (χ4n) is 1.43. The van der Waals surface area contributed by atoms with E-state index < -0.39 is 8.18 Å². The normalized spacial score (nSPS) is 34.9. The lowest BCUT2D eigenvalue weighted by Gasteiger charge is -2.34. The SMILES string of the molecule is CCC1CN([PH](=O)O)CC(C)O1. The monoisotopic (exact) mass is 193 g/mol. The van der Waals surface area contributed by atoms with Gasteiger partial charge in [0, 0.05) is 13.1 Å². The summed E-state index contributed by atoms with van der Waals surface area (Å²) in [6.45, 7) is 5.12. The summed E-state index contributed by atoms with van der Waals surface area (Å²) in [5, 5.41) is 0. The molecule has 0 aromatic heterocycles. The van der Waals surface area contributed by atoms with Crippen LogP contribution in [0.15, 0.2) is 0 Å². The topological polar surface area (TPSA) is 49.8 Å². The van der Waals surface area contributed by atoms with Gasteiger partial charge in [0.05, 0.1) is 12.2 Å². The first kappa shape index (κ1) is 10.2. The minimum absolute atomic E-state index is 0.0739. The zero-order valence-corrected chi connectivity index (χ0v) is 8.49. The van der Waals surface area contributed by atoms with E-state index in [1.807, 2.05) is 13.8 Å². The first-order chi connectivity index (χ1) is 5.63. The molecule has 1 aliphatic heterocycles.